The van der Waals surface area contributed by atoms with Gasteiger partial charge in [0.2, 0.25) is 0 Å². The molecule has 2 N–H and O–H groups in total. The van der Waals surface area contributed by atoms with E-state index in [1.54, 1.807) is 6.07 Å². The lowest BCUT2D eigenvalue weighted by molar-refractivity contribution is -0.382. The van der Waals surface area contributed by atoms with E-state index < -0.39 is 0 Å². The third-order valence-electron chi connectivity index (χ3n) is 9.76. The third-order valence-corrected chi connectivity index (χ3v) is 16.0. The molecule has 2 aliphatic heterocycles. The number of aromatic amines is 2. The van der Waals surface area contributed by atoms with Gasteiger partial charge in [-0.25, -0.2) is 9.97 Å². The van der Waals surface area contributed by atoms with Gasteiger partial charge in [-0.1, -0.05) is 121 Å². The minimum absolute atomic E-state index is 0.111. The Morgan fingerprint density at radius 3 is 1.11 bits per heavy atom. The molecule has 0 atom stereocenters. The molecule has 0 saturated carbocycles. The van der Waals surface area contributed by atoms with Crippen LogP contribution in [-0.2, 0) is 0 Å². The van der Waals surface area contributed by atoms with Crippen LogP contribution < -0.4 is 0 Å². The Labute approximate surface area is 376 Å². The highest BCUT2D eigenvalue weighted by molar-refractivity contribution is 9.18. The number of fused-ring (bicyclic) bond motifs is 8. The molecule has 0 amide bonds. The normalized spacial score (nSPS) is 12.7. The maximum absolute atomic E-state index is 13.2. The zero-order valence-corrected chi connectivity index (χ0v) is 38.6. The summed E-state index contributed by atoms with van der Waals surface area (Å²) >= 11 is 23.6. The largest absolute Gasteiger partial charge is 0.352 e. The number of nitrogens with zero attached hydrogens (tertiary/aromatic N) is 3. The first-order valence-corrected chi connectivity index (χ1v) is 22.1. The topological polar surface area (TPSA) is 100 Å². The Morgan fingerprint density at radius 1 is 0.439 bits per heavy atom. The van der Waals surface area contributed by atoms with Gasteiger partial charge in [0.1, 0.15) is 5.52 Å². The molecule has 0 fully saturated rings. The molecule has 5 heterocycles. The van der Waals surface area contributed by atoms with Crippen LogP contribution in [0.1, 0.15) is 22.8 Å². The molecule has 4 aromatic carbocycles. The molecular formula is C44H23Br6N5O2. The summed E-state index contributed by atoms with van der Waals surface area (Å²) in [5, 5.41) is 13.2. The first-order valence-electron chi connectivity index (χ1n) is 17.3. The highest BCUT2D eigenvalue weighted by Crippen LogP contribution is 2.52. The number of hydrogen-bond donors (Lipinski definition) is 2. The van der Waals surface area contributed by atoms with E-state index in [1.165, 1.54) is 0 Å². The summed E-state index contributed by atoms with van der Waals surface area (Å²) in [6.45, 7) is 0. The molecule has 3 aromatic heterocycles. The van der Waals surface area contributed by atoms with Crippen LogP contribution in [0.5, 0.6) is 0 Å². The molecular weight excluding hydrogens is 1110 g/mol. The van der Waals surface area contributed by atoms with E-state index in [9.17, 15) is 10.1 Å². The van der Waals surface area contributed by atoms with E-state index >= 15 is 0 Å². The predicted octanol–water partition coefficient (Wildman–Crippen LogP) is 15.6. The first-order chi connectivity index (χ1) is 27.6. The third kappa shape index (κ3) is 6.56. The summed E-state index contributed by atoms with van der Waals surface area (Å²) in [5.41, 5.74) is 10.8. The van der Waals surface area contributed by atoms with Crippen molar-refractivity contribution in [3.05, 3.63) is 169 Å². The van der Waals surface area contributed by atoms with E-state index in [4.69, 9.17) is 9.97 Å². The second kappa shape index (κ2) is 15.5. The molecule has 0 spiro atoms. The van der Waals surface area contributed by atoms with Gasteiger partial charge in [0, 0.05) is 28.3 Å². The number of nitro groups is 1. The molecule has 57 heavy (non-hydrogen) atoms. The number of hydrogen-bond acceptors (Lipinski definition) is 4. The standard InChI is InChI=1S/C44H23Br6N5O2/c45-32-33(46)41-30(24-17-9-3-10-18-24)43-36(49)37(50)44(54-43)31(25-19-11-4-12-20-25)42-35(48)34(47)40(53-42)29(23-15-7-2-8-16-23)38-27(55(56)57)21-26(51-38)28(39(32)52-41)22-13-5-1-6-14-22/h1-21,51,54H. The highest BCUT2D eigenvalue weighted by Gasteiger charge is 2.31. The molecule has 2 aliphatic rings. The van der Waals surface area contributed by atoms with Gasteiger partial charge in [-0.2, -0.15) is 0 Å². The molecule has 0 aliphatic carbocycles. The summed E-state index contributed by atoms with van der Waals surface area (Å²) < 4.78 is 4.28. The number of rotatable bonds is 5. The fourth-order valence-electron chi connectivity index (χ4n) is 7.25. The molecule has 0 saturated heterocycles. The zero-order valence-electron chi connectivity index (χ0n) is 29.1. The summed E-state index contributed by atoms with van der Waals surface area (Å²) in [5.74, 6) is 0. The van der Waals surface area contributed by atoms with E-state index in [0.29, 0.717) is 62.9 Å². The Hall–Kier alpha value is -4.24. The quantitative estimate of drug-likeness (QED) is 0.132. The number of aromatic nitrogens is 4. The smallest absolute Gasteiger partial charge is 0.295 e. The van der Waals surface area contributed by atoms with Crippen molar-refractivity contribution >= 4 is 141 Å². The van der Waals surface area contributed by atoms with Gasteiger partial charge >= 0.3 is 0 Å². The van der Waals surface area contributed by atoms with Crippen molar-refractivity contribution in [3.8, 4) is 44.5 Å². The molecule has 9 rings (SSSR count). The van der Waals surface area contributed by atoms with E-state index in [2.05, 4.69) is 106 Å². The molecule has 278 valence electrons. The summed E-state index contributed by atoms with van der Waals surface area (Å²) in [6, 6.07) is 41.0. The monoisotopic (exact) mass is 1130 g/mol. The highest BCUT2D eigenvalue weighted by atomic mass is 79.9. The van der Waals surface area contributed by atoms with Crippen molar-refractivity contribution < 1.29 is 4.92 Å². The van der Waals surface area contributed by atoms with Gasteiger partial charge in [-0.05, 0) is 118 Å². The van der Waals surface area contributed by atoms with Crippen molar-refractivity contribution in [1.29, 1.82) is 0 Å². The van der Waals surface area contributed by atoms with E-state index in [-0.39, 0.29) is 10.6 Å². The maximum Gasteiger partial charge on any atom is 0.295 e. The van der Waals surface area contributed by atoms with E-state index in [1.807, 2.05) is 121 Å². The molecule has 0 radical (unpaired) electrons. The average molecular weight is 1130 g/mol. The molecule has 7 aromatic rings. The second-order valence-corrected chi connectivity index (χ2v) is 17.8. The number of benzene rings is 4. The first kappa shape index (κ1) is 38.3. The molecule has 8 bridgehead atoms. The number of H-pyrrole nitrogens is 2. The van der Waals surface area contributed by atoms with Crippen LogP contribution >= 0.6 is 95.6 Å². The fraction of sp³-hybridized carbons (Fsp3) is 0. The molecule has 13 heteroatoms. The van der Waals surface area contributed by atoms with Crippen LogP contribution in [0.25, 0.3) is 84.5 Å². The van der Waals surface area contributed by atoms with Crippen LogP contribution in [0.2, 0.25) is 0 Å². The predicted molar refractivity (Wildman–Crippen MR) is 254 cm³/mol. The van der Waals surface area contributed by atoms with Crippen LogP contribution in [0.3, 0.4) is 0 Å². The van der Waals surface area contributed by atoms with Gasteiger partial charge in [-0.3, -0.25) is 10.1 Å². The Balaban J connectivity index is 1.63. The molecule has 0 unspecified atom stereocenters. The van der Waals surface area contributed by atoms with Gasteiger partial charge < -0.3 is 9.97 Å². The summed E-state index contributed by atoms with van der Waals surface area (Å²) in [4.78, 5) is 30.9. The van der Waals surface area contributed by atoms with Gasteiger partial charge in [0.05, 0.1) is 71.1 Å². The number of halogens is 6. The van der Waals surface area contributed by atoms with Crippen LogP contribution in [0.4, 0.5) is 5.69 Å². The fourth-order valence-corrected chi connectivity index (χ4v) is 10.1. The zero-order chi connectivity index (χ0) is 39.5. The Morgan fingerprint density at radius 2 is 0.754 bits per heavy atom. The van der Waals surface area contributed by atoms with Gasteiger partial charge in [0.25, 0.3) is 5.69 Å². The SMILES string of the molecule is O=[N+]([O-])c1cc2[nH]c1c(-c1ccccc1)c1nc(c(-c3ccccc3)c3[nH]c(c(Br)c3Br)c(-c3ccccc3)c3nc(c2-c2ccccc2)C(Br)=C3Br)C(Br)=C1Br. The van der Waals surface area contributed by atoms with Crippen LogP contribution in [-0.4, -0.2) is 24.9 Å². The maximum atomic E-state index is 13.2. The Bertz CT molecular complexity index is 3040. The second-order valence-electron chi connectivity index (χ2n) is 13.0. The van der Waals surface area contributed by atoms with Crippen LogP contribution in [0.15, 0.2) is 136 Å². The number of nitrogens with one attached hydrogen (secondary N) is 2. The Kier molecular flexibility index (Phi) is 10.4. The lowest BCUT2D eigenvalue weighted by atomic mass is 10.0. The average Bonchev–Trinajstić information content (AvgIpc) is 3.95. The van der Waals surface area contributed by atoms with Gasteiger partial charge in [0.15, 0.2) is 0 Å². The minimum Gasteiger partial charge on any atom is -0.352 e. The van der Waals surface area contributed by atoms with Crippen molar-refractivity contribution in [2.75, 3.05) is 0 Å². The lowest BCUT2D eigenvalue weighted by Gasteiger charge is -2.07. The lowest BCUT2D eigenvalue weighted by Crippen LogP contribution is -1.92. The van der Waals surface area contributed by atoms with E-state index in [0.717, 1.165) is 53.4 Å². The van der Waals surface area contributed by atoms with Crippen molar-refractivity contribution in [2.45, 2.75) is 0 Å². The molecule has 7 nitrogen and oxygen atoms in total. The summed E-state index contributed by atoms with van der Waals surface area (Å²) in [7, 11) is 0. The van der Waals surface area contributed by atoms with Gasteiger partial charge in [-0.15, -0.1) is 0 Å². The summed E-state index contributed by atoms with van der Waals surface area (Å²) in [6.07, 6.45) is 0. The van der Waals surface area contributed by atoms with Crippen molar-refractivity contribution in [2.24, 2.45) is 0 Å². The van der Waals surface area contributed by atoms with Crippen molar-refractivity contribution in [1.82, 2.24) is 19.9 Å². The minimum atomic E-state index is -0.353. The van der Waals surface area contributed by atoms with Crippen molar-refractivity contribution in [3.63, 3.8) is 0 Å². The van der Waals surface area contributed by atoms with Crippen LogP contribution in [0, 0.1) is 10.1 Å².